The van der Waals surface area contributed by atoms with E-state index < -0.39 is 24.0 Å². The Labute approximate surface area is 134 Å². The van der Waals surface area contributed by atoms with Crippen LogP contribution in [0, 0.1) is 5.41 Å². The predicted molar refractivity (Wildman–Crippen MR) is 88.0 cm³/mol. The van der Waals surface area contributed by atoms with Crippen LogP contribution < -0.4 is 22.5 Å². The summed E-state index contributed by atoms with van der Waals surface area (Å²) < 4.78 is 0. The van der Waals surface area contributed by atoms with Crippen LogP contribution in [-0.4, -0.2) is 58.2 Å². The predicted octanol–water partition coefficient (Wildman–Crippen LogP) is -0.797. The minimum atomic E-state index is -1.00. The van der Waals surface area contributed by atoms with E-state index in [0.29, 0.717) is 25.8 Å². The van der Waals surface area contributed by atoms with Crippen molar-refractivity contribution in [1.29, 1.82) is 5.41 Å². The summed E-state index contributed by atoms with van der Waals surface area (Å²) in [4.78, 5) is 20.4. The zero-order chi connectivity index (χ0) is 17.5. The molecule has 0 aromatic rings. The molecule has 0 bridgehead atoms. The molecule has 0 spiro atoms. The Morgan fingerprint density at radius 1 is 1.18 bits per heavy atom. The molecule has 0 aliphatic heterocycles. The van der Waals surface area contributed by atoms with E-state index >= 15 is 0 Å². The van der Waals surface area contributed by atoms with Crippen molar-refractivity contribution >= 4 is 29.7 Å². The number of carboxylic acid groups (broad SMARTS) is 2. The molecule has 2 atom stereocenters. The van der Waals surface area contributed by atoms with Gasteiger partial charge in [-0.3, -0.25) is 15.0 Å². The smallest absolute Gasteiger partial charge is 0.320 e. The summed E-state index contributed by atoms with van der Waals surface area (Å²) in [7, 11) is 0. The second kappa shape index (κ2) is 14.4. The van der Waals surface area contributed by atoms with Gasteiger partial charge in [-0.2, -0.15) is 11.8 Å². The average molecular weight is 337 g/mol. The molecule has 0 saturated heterocycles. The maximum absolute atomic E-state index is 10.2. The van der Waals surface area contributed by atoms with Crippen LogP contribution in [0.5, 0.6) is 0 Å². The van der Waals surface area contributed by atoms with Crippen LogP contribution in [0.25, 0.3) is 0 Å². The maximum Gasteiger partial charge on any atom is 0.320 e. The number of thioether (sulfide) groups is 1. The fourth-order valence-electron chi connectivity index (χ4n) is 1.15. The highest BCUT2D eigenvalue weighted by atomic mass is 32.2. The van der Waals surface area contributed by atoms with E-state index in [1.807, 2.05) is 6.92 Å². The molecule has 0 amide bonds. The molecule has 10 N–H and O–H groups in total. The molecule has 0 radical (unpaired) electrons. The summed E-state index contributed by atoms with van der Waals surface area (Å²) >= 11 is 1.71. The first-order chi connectivity index (χ1) is 10.2. The van der Waals surface area contributed by atoms with Crippen molar-refractivity contribution in [3.05, 3.63) is 0 Å². The molecule has 10 heteroatoms. The van der Waals surface area contributed by atoms with Gasteiger partial charge in [0.05, 0.1) is 0 Å². The monoisotopic (exact) mass is 337 g/mol. The molecule has 130 valence electrons. The second-order valence-electron chi connectivity index (χ2n) is 4.36. The zero-order valence-electron chi connectivity index (χ0n) is 12.7. The number of carboxylic acids is 2. The van der Waals surface area contributed by atoms with Gasteiger partial charge in [-0.25, -0.2) is 0 Å². The Bertz CT molecular complexity index is 343. The van der Waals surface area contributed by atoms with Gasteiger partial charge in [0.2, 0.25) is 0 Å². The second-order valence-corrected chi connectivity index (χ2v) is 5.75. The number of hydrogen-bond donors (Lipinski definition) is 7. The summed E-state index contributed by atoms with van der Waals surface area (Å²) in [5, 5.41) is 26.1. The molecule has 0 unspecified atom stereocenters. The molecule has 0 fully saturated rings. The van der Waals surface area contributed by atoms with E-state index in [4.69, 9.17) is 32.8 Å². The van der Waals surface area contributed by atoms with Crippen molar-refractivity contribution in [2.45, 2.75) is 38.3 Å². The van der Waals surface area contributed by atoms with Gasteiger partial charge in [0, 0.05) is 6.54 Å². The quantitative estimate of drug-likeness (QED) is 0.152. The van der Waals surface area contributed by atoms with Gasteiger partial charge < -0.3 is 32.7 Å². The summed E-state index contributed by atoms with van der Waals surface area (Å²) in [5.41, 5.74) is 15.5. The van der Waals surface area contributed by atoms with Crippen molar-refractivity contribution in [2.24, 2.45) is 17.2 Å². The third-order valence-electron chi connectivity index (χ3n) is 2.42. The maximum atomic E-state index is 10.2. The van der Waals surface area contributed by atoms with Crippen molar-refractivity contribution in [3.63, 3.8) is 0 Å². The Hall–Kier alpha value is -1.52. The van der Waals surface area contributed by atoms with E-state index in [-0.39, 0.29) is 5.96 Å². The summed E-state index contributed by atoms with van der Waals surface area (Å²) in [5.74, 6) is -0.163. The Kier molecular flexibility index (Phi) is 14.9. The number of carbonyl (C=O) groups is 2. The first-order valence-electron chi connectivity index (χ1n) is 6.84. The van der Waals surface area contributed by atoms with Crippen molar-refractivity contribution < 1.29 is 19.8 Å². The molecule has 0 aliphatic carbocycles. The van der Waals surface area contributed by atoms with Gasteiger partial charge in [-0.15, -0.1) is 0 Å². The number of aliphatic carboxylic acids is 2. The first kappa shape index (κ1) is 22.8. The average Bonchev–Trinajstić information content (AvgIpc) is 2.43. The number of guanidine groups is 1. The van der Waals surface area contributed by atoms with Gasteiger partial charge in [-0.1, -0.05) is 6.92 Å². The van der Waals surface area contributed by atoms with Crippen LogP contribution in [-0.2, 0) is 9.59 Å². The third kappa shape index (κ3) is 16.5. The molecule has 0 aromatic heterocycles. The van der Waals surface area contributed by atoms with Crippen molar-refractivity contribution in [1.82, 2.24) is 5.32 Å². The molecule has 9 nitrogen and oxygen atoms in total. The van der Waals surface area contributed by atoms with Crippen LogP contribution in [0.4, 0.5) is 0 Å². The molecule has 0 rings (SSSR count). The van der Waals surface area contributed by atoms with E-state index in [1.54, 1.807) is 11.8 Å². The topological polar surface area (TPSA) is 189 Å². The molecule has 22 heavy (non-hydrogen) atoms. The largest absolute Gasteiger partial charge is 0.480 e. The molecule has 0 heterocycles. The third-order valence-corrected chi connectivity index (χ3v) is 3.35. The molecule has 0 saturated carbocycles. The number of rotatable bonds is 10. The van der Waals surface area contributed by atoms with Crippen LogP contribution >= 0.6 is 11.8 Å². The SMILES string of the molecule is CCSCC[C@H](N)C(=O)O.N=C(N)NCCC[C@H](N)C(=O)O. The highest BCUT2D eigenvalue weighted by molar-refractivity contribution is 7.99. The highest BCUT2D eigenvalue weighted by Crippen LogP contribution is 2.02. The van der Waals surface area contributed by atoms with E-state index in [9.17, 15) is 9.59 Å². The van der Waals surface area contributed by atoms with Crippen molar-refractivity contribution in [2.75, 3.05) is 18.1 Å². The summed E-state index contributed by atoms with van der Waals surface area (Å²) in [6.45, 7) is 2.52. The Morgan fingerprint density at radius 2 is 1.68 bits per heavy atom. The molecule has 0 aromatic carbocycles. The standard InChI is InChI=1S/C6H14N4O2.C6H13NO2S/c7-4(5(11)12)2-1-3-10-6(8)9;1-2-10-4-3-5(7)6(8)9/h4H,1-3,7H2,(H,11,12)(H4,8,9,10);5H,2-4,7H2,1H3,(H,8,9)/t4-;5-/m00/s1. The minimum Gasteiger partial charge on any atom is -0.480 e. The fourth-order valence-corrected chi connectivity index (χ4v) is 1.86. The zero-order valence-corrected chi connectivity index (χ0v) is 13.6. The lowest BCUT2D eigenvalue weighted by atomic mass is 10.2. The van der Waals surface area contributed by atoms with Gasteiger partial charge in [0.15, 0.2) is 5.96 Å². The van der Waals surface area contributed by atoms with E-state index in [2.05, 4.69) is 5.32 Å². The number of hydrogen-bond acceptors (Lipinski definition) is 6. The van der Waals surface area contributed by atoms with E-state index in [0.717, 1.165) is 11.5 Å². The Morgan fingerprint density at radius 3 is 2.09 bits per heavy atom. The lowest BCUT2D eigenvalue weighted by Gasteiger charge is -2.06. The highest BCUT2D eigenvalue weighted by Gasteiger charge is 2.10. The summed E-state index contributed by atoms with van der Waals surface area (Å²) in [6.07, 6.45) is 1.54. The van der Waals surface area contributed by atoms with Gasteiger partial charge in [0.25, 0.3) is 0 Å². The fraction of sp³-hybridized carbons (Fsp3) is 0.750. The van der Waals surface area contributed by atoms with E-state index in [1.165, 1.54) is 0 Å². The number of nitrogens with one attached hydrogen (secondary N) is 2. The lowest BCUT2D eigenvalue weighted by Crippen LogP contribution is -2.34. The number of nitrogens with two attached hydrogens (primary N) is 3. The van der Waals surface area contributed by atoms with Crippen LogP contribution in [0.2, 0.25) is 0 Å². The summed E-state index contributed by atoms with van der Waals surface area (Å²) in [6, 6.07) is -1.50. The van der Waals surface area contributed by atoms with Crippen LogP contribution in [0.15, 0.2) is 0 Å². The van der Waals surface area contributed by atoms with Gasteiger partial charge >= 0.3 is 11.9 Å². The van der Waals surface area contributed by atoms with Crippen LogP contribution in [0.3, 0.4) is 0 Å². The first-order valence-corrected chi connectivity index (χ1v) is 8.00. The minimum absolute atomic E-state index is 0.112. The van der Waals surface area contributed by atoms with Crippen molar-refractivity contribution in [3.8, 4) is 0 Å². The normalized spacial score (nSPS) is 12.5. The molecule has 0 aliphatic rings. The molecular weight excluding hydrogens is 310 g/mol. The Balaban J connectivity index is 0. The van der Waals surface area contributed by atoms with Crippen LogP contribution in [0.1, 0.15) is 26.2 Å². The lowest BCUT2D eigenvalue weighted by molar-refractivity contribution is -0.139. The van der Waals surface area contributed by atoms with Gasteiger partial charge in [0.1, 0.15) is 12.1 Å². The molecular formula is C12H27N5O4S. The van der Waals surface area contributed by atoms with Gasteiger partial charge in [-0.05, 0) is 30.8 Å².